The molecule has 4 aromatic carbocycles. The van der Waals surface area contributed by atoms with Crippen LogP contribution < -0.4 is 39.7 Å². The largest absolute Gasteiger partial charge is 0.493 e. The van der Waals surface area contributed by atoms with Crippen molar-refractivity contribution in [1.29, 1.82) is 0 Å². The van der Waals surface area contributed by atoms with Gasteiger partial charge in [0, 0.05) is 22.3 Å². The van der Waals surface area contributed by atoms with E-state index in [2.05, 4.69) is 0 Å². The molecule has 10 heteroatoms. The third kappa shape index (κ3) is 4.66. The second-order valence-corrected chi connectivity index (χ2v) is 10.5. The molecule has 8 rings (SSSR count). The Labute approximate surface area is 262 Å². The van der Waals surface area contributed by atoms with Crippen molar-refractivity contribution >= 4 is 21.9 Å². The second-order valence-electron chi connectivity index (χ2n) is 10.5. The molecule has 0 unspecified atom stereocenters. The molecule has 0 saturated heterocycles. The Morgan fingerprint density at radius 3 is 1.28 bits per heavy atom. The zero-order valence-corrected chi connectivity index (χ0v) is 25.4. The minimum atomic E-state index is -0.424. The number of methoxy groups -OCH3 is 4. The van der Waals surface area contributed by atoms with Crippen LogP contribution in [0.5, 0.6) is 34.5 Å². The summed E-state index contributed by atoms with van der Waals surface area (Å²) in [5, 5.41) is 1.56. The van der Waals surface area contributed by atoms with E-state index in [0.29, 0.717) is 70.0 Å². The highest BCUT2D eigenvalue weighted by atomic mass is 16.5. The summed E-state index contributed by atoms with van der Waals surface area (Å²) in [7, 11) is 6.27. The van der Waals surface area contributed by atoms with Crippen molar-refractivity contribution in [3.63, 3.8) is 0 Å². The van der Waals surface area contributed by atoms with E-state index in [1.54, 1.807) is 52.7 Å². The molecule has 0 spiro atoms. The standard InChI is InChI=1S/2C18H14O5/c2*1-20-14-7-10-9-22-17-11-5-3-4-6-13(11)23-18(19)16(17)12(10)8-15(14)21-2/h2*3-8H,9H2,1-2H3. The van der Waals surface area contributed by atoms with Crippen LogP contribution in [-0.2, 0) is 13.2 Å². The summed E-state index contributed by atoms with van der Waals surface area (Å²) in [4.78, 5) is 25.0. The van der Waals surface area contributed by atoms with E-state index in [9.17, 15) is 9.59 Å². The van der Waals surface area contributed by atoms with Gasteiger partial charge in [-0.1, -0.05) is 24.3 Å². The van der Waals surface area contributed by atoms with Crippen LogP contribution in [0, 0.1) is 0 Å². The summed E-state index contributed by atoms with van der Waals surface area (Å²) < 4.78 is 43.9. The van der Waals surface area contributed by atoms with Gasteiger partial charge in [0.2, 0.25) is 0 Å². The van der Waals surface area contributed by atoms with E-state index >= 15 is 0 Å². The van der Waals surface area contributed by atoms with Crippen molar-refractivity contribution in [2.75, 3.05) is 28.4 Å². The van der Waals surface area contributed by atoms with Gasteiger partial charge in [-0.3, -0.25) is 0 Å². The van der Waals surface area contributed by atoms with Crippen LogP contribution in [0.2, 0.25) is 0 Å². The summed E-state index contributed by atoms with van der Waals surface area (Å²) in [6, 6.07) is 21.9. The maximum Gasteiger partial charge on any atom is 0.348 e. The second kappa shape index (κ2) is 11.6. The van der Waals surface area contributed by atoms with Gasteiger partial charge in [-0.2, -0.15) is 0 Å². The first-order chi connectivity index (χ1) is 22.4. The number of hydrogen-bond acceptors (Lipinski definition) is 10. The van der Waals surface area contributed by atoms with E-state index in [4.69, 9.17) is 37.3 Å². The number of hydrogen-bond donors (Lipinski definition) is 0. The van der Waals surface area contributed by atoms with Crippen molar-refractivity contribution in [1.82, 2.24) is 0 Å². The minimum Gasteiger partial charge on any atom is -0.493 e. The zero-order chi connectivity index (χ0) is 31.9. The predicted octanol–water partition coefficient (Wildman–Crippen LogP) is 6.74. The number of rotatable bonds is 4. The molecule has 0 bridgehead atoms. The summed E-state index contributed by atoms with van der Waals surface area (Å²) in [6.45, 7) is 0.715. The first kappa shape index (κ1) is 28.8. The van der Waals surface area contributed by atoms with E-state index in [-0.39, 0.29) is 0 Å². The van der Waals surface area contributed by atoms with Crippen molar-refractivity contribution < 1.29 is 37.3 Å². The molecular formula is C36H28O10. The molecule has 10 nitrogen and oxygen atoms in total. The lowest BCUT2D eigenvalue weighted by Gasteiger charge is -2.22. The third-order valence-electron chi connectivity index (χ3n) is 8.03. The topological polar surface area (TPSA) is 116 Å². The molecule has 2 aromatic heterocycles. The highest BCUT2D eigenvalue weighted by Crippen LogP contribution is 2.45. The highest BCUT2D eigenvalue weighted by Gasteiger charge is 2.28. The smallest absolute Gasteiger partial charge is 0.348 e. The van der Waals surface area contributed by atoms with Crippen LogP contribution in [-0.4, -0.2) is 28.4 Å². The van der Waals surface area contributed by atoms with Gasteiger partial charge in [-0.15, -0.1) is 0 Å². The van der Waals surface area contributed by atoms with Gasteiger partial charge in [0.05, 0.1) is 39.2 Å². The average Bonchev–Trinajstić information content (AvgIpc) is 3.10. The molecule has 4 heterocycles. The summed E-state index contributed by atoms with van der Waals surface area (Å²) in [6.07, 6.45) is 0. The van der Waals surface area contributed by atoms with Gasteiger partial charge in [-0.05, 0) is 48.5 Å². The molecule has 46 heavy (non-hydrogen) atoms. The molecular weight excluding hydrogens is 592 g/mol. The Hall–Kier alpha value is -5.90. The average molecular weight is 621 g/mol. The number of fused-ring (bicyclic) bond motifs is 10. The maximum atomic E-state index is 12.5. The molecule has 0 amide bonds. The van der Waals surface area contributed by atoms with Crippen LogP contribution >= 0.6 is 0 Å². The van der Waals surface area contributed by atoms with Crippen LogP contribution in [0.1, 0.15) is 11.1 Å². The molecule has 0 fully saturated rings. The first-order valence-electron chi connectivity index (χ1n) is 14.3. The van der Waals surface area contributed by atoms with E-state index < -0.39 is 11.3 Å². The van der Waals surface area contributed by atoms with E-state index in [0.717, 1.165) is 33.0 Å². The van der Waals surface area contributed by atoms with Gasteiger partial charge < -0.3 is 37.3 Å². The van der Waals surface area contributed by atoms with Crippen molar-refractivity contribution in [2.24, 2.45) is 0 Å². The fourth-order valence-corrected chi connectivity index (χ4v) is 5.85. The molecule has 0 aliphatic carbocycles. The molecule has 0 saturated carbocycles. The van der Waals surface area contributed by atoms with E-state index in [1.807, 2.05) is 48.5 Å². The lowest BCUT2D eigenvalue weighted by atomic mass is 9.96. The van der Waals surface area contributed by atoms with Crippen molar-refractivity contribution in [2.45, 2.75) is 13.2 Å². The normalized spacial score (nSPS) is 12.3. The number of benzene rings is 4. The minimum absolute atomic E-state index is 0.357. The number of ether oxygens (including phenoxy) is 6. The molecule has 0 atom stereocenters. The molecule has 0 N–H and O–H groups in total. The molecule has 2 aliphatic heterocycles. The lowest BCUT2D eigenvalue weighted by molar-refractivity contribution is 0.300. The van der Waals surface area contributed by atoms with Gasteiger partial charge in [-0.25, -0.2) is 9.59 Å². The molecule has 6 aromatic rings. The Morgan fingerprint density at radius 2 is 0.891 bits per heavy atom. The van der Waals surface area contributed by atoms with Crippen LogP contribution in [0.3, 0.4) is 0 Å². The van der Waals surface area contributed by atoms with Gasteiger partial charge in [0.15, 0.2) is 23.0 Å². The zero-order valence-electron chi connectivity index (χ0n) is 25.4. The summed E-state index contributed by atoms with van der Waals surface area (Å²) >= 11 is 0. The van der Waals surface area contributed by atoms with Crippen molar-refractivity contribution in [3.05, 3.63) is 105 Å². The summed E-state index contributed by atoms with van der Waals surface area (Å²) in [5.74, 6) is 3.43. The molecule has 2 aliphatic rings. The predicted molar refractivity (Wildman–Crippen MR) is 171 cm³/mol. The Bertz CT molecular complexity index is 2100. The van der Waals surface area contributed by atoms with Gasteiger partial charge in [0.25, 0.3) is 0 Å². The first-order valence-corrected chi connectivity index (χ1v) is 14.3. The van der Waals surface area contributed by atoms with Gasteiger partial charge in [0.1, 0.15) is 47.0 Å². The Kier molecular flexibility index (Phi) is 7.24. The number of para-hydroxylation sites is 2. The Balaban J connectivity index is 0.000000147. The SMILES string of the molecule is COc1cc2c(cc1OC)-c1c(c3ccccc3oc1=O)OC2.COc1cc2c(cc1OC)-c1c(c3ccccc3oc1=O)OC2. The maximum absolute atomic E-state index is 12.5. The van der Waals surface area contributed by atoms with Crippen LogP contribution in [0.4, 0.5) is 0 Å². The quantitative estimate of drug-likeness (QED) is 0.196. The third-order valence-corrected chi connectivity index (χ3v) is 8.03. The van der Waals surface area contributed by atoms with Crippen molar-refractivity contribution in [3.8, 4) is 56.8 Å². The van der Waals surface area contributed by atoms with Crippen LogP contribution in [0.15, 0.2) is 91.2 Å². The monoisotopic (exact) mass is 620 g/mol. The fraction of sp³-hybridized carbons (Fsp3) is 0.167. The molecule has 0 radical (unpaired) electrons. The highest BCUT2D eigenvalue weighted by molar-refractivity contribution is 5.93. The molecule has 232 valence electrons. The lowest BCUT2D eigenvalue weighted by Crippen LogP contribution is -2.14. The Morgan fingerprint density at radius 1 is 0.522 bits per heavy atom. The summed E-state index contributed by atoms with van der Waals surface area (Å²) in [5.41, 5.74) is 4.25. The fourth-order valence-electron chi connectivity index (χ4n) is 5.85. The van der Waals surface area contributed by atoms with Gasteiger partial charge >= 0.3 is 11.3 Å². The van der Waals surface area contributed by atoms with E-state index in [1.165, 1.54) is 0 Å². The van der Waals surface area contributed by atoms with Crippen LogP contribution in [0.25, 0.3) is 44.2 Å².